The van der Waals surface area contributed by atoms with Crippen molar-refractivity contribution in [3.05, 3.63) is 56.7 Å². The van der Waals surface area contributed by atoms with Crippen molar-refractivity contribution in [3.63, 3.8) is 0 Å². The van der Waals surface area contributed by atoms with Crippen LogP contribution in [0.25, 0.3) is 0 Å². The molecule has 1 aromatic heterocycles. The number of ether oxygens (including phenoxy) is 2. The molecular formula is C15H11Cl2FO5. The number of halogens is 3. The topological polar surface area (TPSA) is 65.7 Å². The summed E-state index contributed by atoms with van der Waals surface area (Å²) in [5.41, 5.74) is 0.0687. The molecule has 0 amide bonds. The Morgan fingerprint density at radius 1 is 1.13 bits per heavy atom. The highest BCUT2D eigenvalue weighted by Crippen LogP contribution is 2.25. The van der Waals surface area contributed by atoms with Crippen LogP contribution in [0.2, 0.25) is 10.0 Å². The van der Waals surface area contributed by atoms with E-state index in [1.807, 2.05) is 0 Å². The number of carbonyl (C=O) groups is 2. The number of furan rings is 1. The molecule has 0 unspecified atom stereocenters. The fourth-order valence-corrected chi connectivity index (χ4v) is 2.28. The van der Waals surface area contributed by atoms with E-state index in [1.54, 1.807) is 6.92 Å². The van der Waals surface area contributed by atoms with Crippen LogP contribution in [0, 0.1) is 12.7 Å². The lowest BCUT2D eigenvalue weighted by Crippen LogP contribution is -2.06. The Kier molecular flexibility index (Phi) is 5.28. The van der Waals surface area contributed by atoms with Gasteiger partial charge >= 0.3 is 11.9 Å². The zero-order valence-electron chi connectivity index (χ0n) is 12.1. The molecule has 0 atom stereocenters. The molecule has 2 rings (SSSR count). The van der Waals surface area contributed by atoms with E-state index in [0.717, 1.165) is 12.1 Å². The molecule has 0 aliphatic heterocycles. The number of benzene rings is 1. The van der Waals surface area contributed by atoms with Gasteiger partial charge in [-0.1, -0.05) is 23.2 Å². The molecule has 0 bridgehead atoms. The van der Waals surface area contributed by atoms with Gasteiger partial charge in [0.05, 0.1) is 22.7 Å². The molecule has 0 spiro atoms. The number of rotatable bonds is 4. The van der Waals surface area contributed by atoms with Gasteiger partial charge in [0, 0.05) is 0 Å². The smallest absolute Gasteiger partial charge is 0.341 e. The van der Waals surface area contributed by atoms with Crippen molar-refractivity contribution < 1.29 is 27.9 Å². The lowest BCUT2D eigenvalue weighted by molar-refractivity contribution is 0.0443. The summed E-state index contributed by atoms with van der Waals surface area (Å²) in [6.45, 7) is 1.32. The molecule has 0 radical (unpaired) electrons. The first-order chi connectivity index (χ1) is 10.8. The first-order valence-corrected chi connectivity index (χ1v) is 7.08. The SMILES string of the molecule is COC(=O)c1cc(COC(=O)c2cc(F)c(Cl)cc2Cl)oc1C. The number of esters is 2. The van der Waals surface area contributed by atoms with Gasteiger partial charge in [-0.05, 0) is 25.1 Å². The minimum Gasteiger partial charge on any atom is -0.465 e. The highest BCUT2D eigenvalue weighted by Gasteiger charge is 2.19. The van der Waals surface area contributed by atoms with Crippen LogP contribution in [-0.2, 0) is 16.1 Å². The average Bonchev–Trinajstić information content (AvgIpc) is 2.88. The normalized spacial score (nSPS) is 10.5. The second-order valence-electron chi connectivity index (χ2n) is 4.50. The third kappa shape index (κ3) is 3.83. The quantitative estimate of drug-likeness (QED) is 0.604. The van der Waals surface area contributed by atoms with Gasteiger partial charge in [-0.2, -0.15) is 0 Å². The summed E-state index contributed by atoms with van der Waals surface area (Å²) in [4.78, 5) is 23.4. The Hall–Kier alpha value is -2.05. The molecule has 122 valence electrons. The fourth-order valence-electron chi connectivity index (χ4n) is 1.82. The Morgan fingerprint density at radius 2 is 1.83 bits per heavy atom. The van der Waals surface area contributed by atoms with E-state index < -0.39 is 17.8 Å². The van der Waals surface area contributed by atoms with Crippen molar-refractivity contribution in [1.29, 1.82) is 0 Å². The molecule has 0 aliphatic carbocycles. The summed E-state index contributed by atoms with van der Waals surface area (Å²) < 4.78 is 28.3. The van der Waals surface area contributed by atoms with Crippen molar-refractivity contribution in [1.82, 2.24) is 0 Å². The van der Waals surface area contributed by atoms with E-state index in [9.17, 15) is 14.0 Å². The van der Waals surface area contributed by atoms with Crippen molar-refractivity contribution in [2.45, 2.75) is 13.5 Å². The summed E-state index contributed by atoms with van der Waals surface area (Å²) in [7, 11) is 1.24. The lowest BCUT2D eigenvalue weighted by atomic mass is 10.2. The first kappa shape index (κ1) is 17.3. The molecule has 2 aromatic rings. The van der Waals surface area contributed by atoms with Crippen LogP contribution in [0.15, 0.2) is 22.6 Å². The molecule has 0 aliphatic rings. The van der Waals surface area contributed by atoms with E-state index in [1.165, 1.54) is 13.2 Å². The second-order valence-corrected chi connectivity index (χ2v) is 5.31. The Labute approximate surface area is 140 Å². The van der Waals surface area contributed by atoms with Gasteiger partial charge in [-0.15, -0.1) is 0 Å². The molecule has 0 saturated heterocycles. The lowest BCUT2D eigenvalue weighted by Gasteiger charge is -2.06. The van der Waals surface area contributed by atoms with Gasteiger partial charge in [-0.25, -0.2) is 14.0 Å². The number of hydrogen-bond donors (Lipinski definition) is 0. The predicted molar refractivity (Wildman–Crippen MR) is 80.3 cm³/mol. The zero-order chi connectivity index (χ0) is 17.1. The maximum Gasteiger partial charge on any atom is 0.341 e. The van der Waals surface area contributed by atoms with Gasteiger partial charge in [-0.3, -0.25) is 0 Å². The Morgan fingerprint density at radius 3 is 2.48 bits per heavy atom. The second kappa shape index (κ2) is 7.02. The number of aryl methyl sites for hydroxylation is 1. The van der Waals surface area contributed by atoms with E-state index in [-0.39, 0.29) is 33.5 Å². The van der Waals surface area contributed by atoms with Crippen LogP contribution in [0.5, 0.6) is 0 Å². The van der Waals surface area contributed by atoms with Crippen molar-refractivity contribution >= 4 is 35.1 Å². The van der Waals surface area contributed by atoms with E-state index >= 15 is 0 Å². The van der Waals surface area contributed by atoms with Gasteiger partial charge in [0.15, 0.2) is 0 Å². The van der Waals surface area contributed by atoms with Crippen LogP contribution in [0.1, 0.15) is 32.2 Å². The van der Waals surface area contributed by atoms with Crippen molar-refractivity contribution in [3.8, 4) is 0 Å². The highest BCUT2D eigenvalue weighted by molar-refractivity contribution is 6.36. The monoisotopic (exact) mass is 360 g/mol. The van der Waals surface area contributed by atoms with Gasteiger partial charge in [0.2, 0.25) is 0 Å². The minimum atomic E-state index is -0.848. The van der Waals surface area contributed by atoms with Crippen LogP contribution < -0.4 is 0 Å². The maximum absolute atomic E-state index is 13.4. The van der Waals surface area contributed by atoms with E-state index in [0.29, 0.717) is 5.76 Å². The summed E-state index contributed by atoms with van der Waals surface area (Å²) in [6, 6.07) is 3.40. The van der Waals surface area contributed by atoms with Crippen LogP contribution in [0.3, 0.4) is 0 Å². The molecule has 0 N–H and O–H groups in total. The minimum absolute atomic E-state index is 0.0349. The summed E-state index contributed by atoms with van der Waals surface area (Å²) in [5, 5.41) is -0.233. The zero-order valence-corrected chi connectivity index (χ0v) is 13.6. The van der Waals surface area contributed by atoms with Crippen LogP contribution in [0.4, 0.5) is 4.39 Å². The number of hydrogen-bond acceptors (Lipinski definition) is 5. The fraction of sp³-hybridized carbons (Fsp3) is 0.200. The van der Waals surface area contributed by atoms with Gasteiger partial charge < -0.3 is 13.9 Å². The summed E-state index contributed by atoms with van der Waals surface area (Å²) in [6.07, 6.45) is 0. The van der Waals surface area contributed by atoms with Crippen LogP contribution in [-0.4, -0.2) is 19.0 Å². The summed E-state index contributed by atoms with van der Waals surface area (Å²) in [5.74, 6) is -1.63. The average molecular weight is 361 g/mol. The molecule has 1 heterocycles. The van der Waals surface area contributed by atoms with Gasteiger partial charge in [0.1, 0.15) is 29.5 Å². The first-order valence-electron chi connectivity index (χ1n) is 6.32. The molecule has 8 heteroatoms. The van der Waals surface area contributed by atoms with Gasteiger partial charge in [0.25, 0.3) is 0 Å². The third-order valence-corrected chi connectivity index (χ3v) is 3.55. The largest absolute Gasteiger partial charge is 0.465 e. The standard InChI is InChI=1S/C15H11Cl2FO5/c1-7-9(14(19)21-2)3-8(23-7)6-22-15(20)10-4-13(18)12(17)5-11(10)16/h3-5H,6H2,1-2H3. The number of carbonyl (C=O) groups excluding carboxylic acids is 2. The molecule has 0 saturated carbocycles. The molecule has 0 fully saturated rings. The Balaban J connectivity index is 2.11. The van der Waals surface area contributed by atoms with E-state index in [2.05, 4.69) is 4.74 Å². The number of methoxy groups -OCH3 is 1. The maximum atomic E-state index is 13.4. The Bertz CT molecular complexity index is 769. The third-order valence-electron chi connectivity index (χ3n) is 2.95. The van der Waals surface area contributed by atoms with Crippen molar-refractivity contribution in [2.24, 2.45) is 0 Å². The van der Waals surface area contributed by atoms with Crippen LogP contribution >= 0.6 is 23.2 Å². The molecule has 1 aromatic carbocycles. The molecule has 5 nitrogen and oxygen atoms in total. The highest BCUT2D eigenvalue weighted by atomic mass is 35.5. The summed E-state index contributed by atoms with van der Waals surface area (Å²) >= 11 is 11.4. The van der Waals surface area contributed by atoms with E-state index in [4.69, 9.17) is 32.4 Å². The van der Waals surface area contributed by atoms with Crippen molar-refractivity contribution in [2.75, 3.05) is 7.11 Å². The predicted octanol–water partition coefficient (Wildman–Crippen LogP) is 4.18. The molecular weight excluding hydrogens is 350 g/mol. The molecule has 23 heavy (non-hydrogen) atoms.